The molecule has 3 aromatic rings. The number of aromatic hydroxyl groups is 1. The van der Waals surface area contributed by atoms with Crippen molar-refractivity contribution in [2.75, 3.05) is 26.3 Å². The van der Waals surface area contributed by atoms with Gasteiger partial charge in [-0.2, -0.15) is 0 Å². The number of carbonyl (C=O) groups excluding carboxylic acids is 1. The number of morpholine rings is 1. The van der Waals surface area contributed by atoms with Crippen LogP contribution in [0.25, 0.3) is 10.9 Å². The van der Waals surface area contributed by atoms with Crippen LogP contribution in [0.5, 0.6) is 5.75 Å². The summed E-state index contributed by atoms with van der Waals surface area (Å²) in [6, 6.07) is 10.6. The molecule has 1 aromatic carbocycles. The Bertz CT molecular complexity index is 1100. The summed E-state index contributed by atoms with van der Waals surface area (Å²) in [6.07, 6.45) is 1.79. The van der Waals surface area contributed by atoms with E-state index in [0.29, 0.717) is 32.1 Å². The van der Waals surface area contributed by atoms with Gasteiger partial charge in [-0.25, -0.2) is 0 Å². The van der Waals surface area contributed by atoms with E-state index in [1.165, 1.54) is 6.07 Å². The Morgan fingerprint density at radius 2 is 2.03 bits per heavy atom. The zero-order valence-corrected chi connectivity index (χ0v) is 16.1. The molecule has 2 aromatic heterocycles. The third kappa shape index (κ3) is 4.00. The minimum absolute atomic E-state index is 0.0751. The highest BCUT2D eigenvalue weighted by atomic mass is 16.5. The number of carbonyl (C=O) groups is 1. The lowest BCUT2D eigenvalue weighted by Crippen LogP contribution is -2.41. The second-order valence-electron chi connectivity index (χ2n) is 7.14. The van der Waals surface area contributed by atoms with Gasteiger partial charge in [0, 0.05) is 37.2 Å². The first-order valence-corrected chi connectivity index (χ1v) is 9.57. The van der Waals surface area contributed by atoms with E-state index in [-0.39, 0.29) is 18.1 Å². The number of hydrogen-bond acceptors (Lipinski definition) is 6. The maximum absolute atomic E-state index is 13.0. The summed E-state index contributed by atoms with van der Waals surface area (Å²) in [4.78, 5) is 31.2. The molecule has 29 heavy (non-hydrogen) atoms. The molecule has 1 aliphatic rings. The van der Waals surface area contributed by atoms with Crippen LogP contribution in [0.15, 0.2) is 51.8 Å². The molecule has 3 heterocycles. The normalized spacial score (nSPS) is 15.4. The minimum atomic E-state index is -0.595. The minimum Gasteiger partial charge on any atom is -0.502 e. The molecule has 0 saturated carbocycles. The van der Waals surface area contributed by atoms with Crippen molar-refractivity contribution in [1.29, 1.82) is 0 Å². The molecular weight excluding hydrogens is 372 g/mol. The van der Waals surface area contributed by atoms with Gasteiger partial charge in [-0.15, -0.1) is 0 Å². The summed E-state index contributed by atoms with van der Waals surface area (Å²) < 4.78 is 11.1. The van der Waals surface area contributed by atoms with Crippen molar-refractivity contribution in [3.63, 3.8) is 0 Å². The zero-order valence-electron chi connectivity index (χ0n) is 16.1. The molecule has 150 valence electrons. The lowest BCUT2D eigenvalue weighted by Gasteiger charge is -2.28. The number of ether oxygens (including phenoxy) is 1. The van der Waals surface area contributed by atoms with Crippen molar-refractivity contribution in [2.24, 2.45) is 0 Å². The number of aryl methyl sites for hydroxylation is 1. The molecule has 1 fully saturated rings. The molecule has 1 atom stereocenters. The van der Waals surface area contributed by atoms with Crippen molar-refractivity contribution in [3.05, 3.63) is 69.9 Å². The predicted molar refractivity (Wildman–Crippen MR) is 107 cm³/mol. The topological polar surface area (TPSA) is 92.9 Å². The summed E-state index contributed by atoms with van der Waals surface area (Å²) in [5.41, 5.74) is 1.08. The fraction of sp³-hybridized carbons (Fsp3) is 0.318. The number of amides is 1. The maximum Gasteiger partial charge on any atom is 0.227 e. The average Bonchev–Trinajstić information content (AvgIpc) is 2.75. The largest absolute Gasteiger partial charge is 0.502 e. The van der Waals surface area contributed by atoms with E-state index in [9.17, 15) is 14.7 Å². The molecular formula is C22H22N2O5. The van der Waals surface area contributed by atoms with Gasteiger partial charge in [0.05, 0.1) is 24.6 Å². The highest BCUT2D eigenvalue weighted by Gasteiger charge is 2.28. The molecule has 0 aliphatic carbocycles. The summed E-state index contributed by atoms with van der Waals surface area (Å²) in [6.45, 7) is 3.70. The SMILES string of the molecule is Cc1cc(=O)c(O)c([C@H](CC(=O)N2CCOCC2)c2ccc3ncccc3c2)o1. The van der Waals surface area contributed by atoms with Crippen LogP contribution < -0.4 is 5.43 Å². The van der Waals surface area contributed by atoms with E-state index in [1.54, 1.807) is 18.0 Å². The van der Waals surface area contributed by atoms with E-state index < -0.39 is 17.1 Å². The molecule has 0 radical (unpaired) electrons. The van der Waals surface area contributed by atoms with Gasteiger partial charge in [-0.1, -0.05) is 12.1 Å². The van der Waals surface area contributed by atoms with Gasteiger partial charge in [-0.05, 0) is 30.7 Å². The fourth-order valence-electron chi connectivity index (χ4n) is 3.65. The standard InChI is InChI=1S/C22H22N2O5/c1-14-11-19(25)21(27)22(29-14)17(13-20(26)24-7-9-28-10-8-24)15-4-5-18-16(12-15)3-2-6-23-18/h2-6,11-12,17,27H,7-10,13H2,1H3/t17-/m1/s1. The van der Waals surface area contributed by atoms with Crippen molar-refractivity contribution < 1.29 is 19.1 Å². The van der Waals surface area contributed by atoms with E-state index in [0.717, 1.165) is 16.5 Å². The number of hydrogen-bond donors (Lipinski definition) is 1. The van der Waals surface area contributed by atoms with E-state index in [4.69, 9.17) is 9.15 Å². The highest BCUT2D eigenvalue weighted by molar-refractivity contribution is 5.81. The van der Waals surface area contributed by atoms with Crippen LogP contribution in [-0.2, 0) is 9.53 Å². The van der Waals surface area contributed by atoms with E-state index in [1.807, 2.05) is 30.3 Å². The summed E-state index contributed by atoms with van der Waals surface area (Å²) in [5.74, 6) is -0.633. The zero-order chi connectivity index (χ0) is 20.4. The molecule has 1 aliphatic heterocycles. The molecule has 7 nitrogen and oxygen atoms in total. The van der Waals surface area contributed by atoms with Gasteiger partial charge < -0.3 is 19.2 Å². The van der Waals surface area contributed by atoms with Crippen LogP contribution >= 0.6 is 0 Å². The highest BCUT2D eigenvalue weighted by Crippen LogP contribution is 2.34. The third-order valence-corrected chi connectivity index (χ3v) is 5.16. The molecule has 7 heteroatoms. The van der Waals surface area contributed by atoms with Crippen LogP contribution in [0.2, 0.25) is 0 Å². The van der Waals surface area contributed by atoms with Gasteiger partial charge in [0.2, 0.25) is 17.1 Å². The van der Waals surface area contributed by atoms with Crippen LogP contribution in [0.3, 0.4) is 0 Å². The lowest BCUT2D eigenvalue weighted by atomic mass is 9.90. The smallest absolute Gasteiger partial charge is 0.227 e. The van der Waals surface area contributed by atoms with Crippen molar-refractivity contribution in [3.8, 4) is 5.75 Å². The molecule has 0 spiro atoms. The Morgan fingerprint density at radius 3 is 2.83 bits per heavy atom. The molecule has 1 amide bonds. The van der Waals surface area contributed by atoms with Crippen LogP contribution in [0.1, 0.15) is 29.4 Å². The van der Waals surface area contributed by atoms with Gasteiger partial charge in [0.15, 0.2) is 5.76 Å². The molecule has 0 unspecified atom stereocenters. The number of pyridine rings is 1. The second-order valence-corrected chi connectivity index (χ2v) is 7.14. The van der Waals surface area contributed by atoms with E-state index >= 15 is 0 Å². The number of benzene rings is 1. The number of nitrogens with zero attached hydrogens (tertiary/aromatic N) is 2. The number of rotatable bonds is 4. The Morgan fingerprint density at radius 1 is 1.24 bits per heavy atom. The first-order chi connectivity index (χ1) is 14.0. The lowest BCUT2D eigenvalue weighted by molar-refractivity contribution is -0.135. The Balaban J connectivity index is 1.77. The third-order valence-electron chi connectivity index (χ3n) is 5.16. The van der Waals surface area contributed by atoms with Gasteiger partial charge in [-0.3, -0.25) is 14.6 Å². The quantitative estimate of drug-likeness (QED) is 0.731. The second kappa shape index (κ2) is 8.05. The number of aromatic nitrogens is 1. The van der Waals surface area contributed by atoms with Crippen LogP contribution in [0, 0.1) is 6.92 Å². The first-order valence-electron chi connectivity index (χ1n) is 9.57. The predicted octanol–water partition coefficient (Wildman–Crippen LogP) is 2.58. The number of fused-ring (bicyclic) bond motifs is 1. The molecule has 4 rings (SSSR count). The van der Waals surface area contributed by atoms with Crippen molar-refractivity contribution in [2.45, 2.75) is 19.3 Å². The van der Waals surface area contributed by atoms with Crippen LogP contribution in [0.4, 0.5) is 0 Å². The van der Waals surface area contributed by atoms with Crippen molar-refractivity contribution >= 4 is 16.8 Å². The molecule has 0 bridgehead atoms. The summed E-state index contributed by atoms with van der Waals surface area (Å²) in [7, 11) is 0. The Labute approximate surface area is 167 Å². The maximum atomic E-state index is 13.0. The van der Waals surface area contributed by atoms with Gasteiger partial charge in [0.1, 0.15) is 5.76 Å². The van der Waals surface area contributed by atoms with Gasteiger partial charge >= 0.3 is 0 Å². The van der Waals surface area contributed by atoms with Crippen molar-refractivity contribution in [1.82, 2.24) is 9.88 Å². The van der Waals surface area contributed by atoms with E-state index in [2.05, 4.69) is 4.98 Å². The summed E-state index contributed by atoms with van der Waals surface area (Å²) >= 11 is 0. The monoisotopic (exact) mass is 394 g/mol. The molecule has 1 N–H and O–H groups in total. The Hall–Kier alpha value is -3.19. The first kappa shape index (κ1) is 19.1. The molecule has 1 saturated heterocycles. The Kier molecular flexibility index (Phi) is 5.31. The summed E-state index contributed by atoms with van der Waals surface area (Å²) in [5, 5.41) is 11.3. The van der Waals surface area contributed by atoms with Crippen LogP contribution in [-0.4, -0.2) is 47.2 Å². The average molecular weight is 394 g/mol. The van der Waals surface area contributed by atoms with Gasteiger partial charge in [0.25, 0.3) is 0 Å². The fourth-order valence-corrected chi connectivity index (χ4v) is 3.65.